The van der Waals surface area contributed by atoms with Crippen molar-refractivity contribution < 1.29 is 14.6 Å². The third-order valence-corrected chi connectivity index (χ3v) is 4.40. The first-order valence-corrected chi connectivity index (χ1v) is 7.25. The van der Waals surface area contributed by atoms with Crippen LogP contribution in [-0.2, 0) is 21.5 Å². The third-order valence-electron chi connectivity index (χ3n) is 3.08. The van der Waals surface area contributed by atoms with E-state index < -0.39 is 12.0 Å². The number of morpholine rings is 1. The number of hydrogen-bond donors (Lipinski definition) is 1. The summed E-state index contributed by atoms with van der Waals surface area (Å²) < 4.78 is 5.23. The number of thiazole rings is 1. The van der Waals surface area contributed by atoms with Crippen LogP contribution < -0.4 is 0 Å². The molecule has 1 saturated heterocycles. The van der Waals surface area contributed by atoms with E-state index >= 15 is 0 Å². The van der Waals surface area contributed by atoms with Crippen molar-refractivity contribution in [3.05, 3.63) is 16.1 Å². The fraction of sp³-hybridized carbons (Fsp3) is 0.692. The fourth-order valence-corrected chi connectivity index (χ4v) is 2.89. The molecule has 1 aliphatic heterocycles. The molecule has 1 atom stereocenters. The normalized spacial score (nSPS) is 21.5. The van der Waals surface area contributed by atoms with E-state index in [1.54, 1.807) is 11.3 Å². The average molecular weight is 284 g/mol. The van der Waals surface area contributed by atoms with Crippen LogP contribution in [0.3, 0.4) is 0 Å². The van der Waals surface area contributed by atoms with Crippen molar-refractivity contribution in [3.63, 3.8) is 0 Å². The van der Waals surface area contributed by atoms with Crippen molar-refractivity contribution in [1.82, 2.24) is 9.88 Å². The minimum absolute atomic E-state index is 0.0418. The van der Waals surface area contributed by atoms with Crippen LogP contribution in [0.2, 0.25) is 0 Å². The zero-order valence-electron chi connectivity index (χ0n) is 11.5. The summed E-state index contributed by atoms with van der Waals surface area (Å²) in [4.78, 5) is 17.7. The van der Waals surface area contributed by atoms with Gasteiger partial charge in [-0.25, -0.2) is 4.98 Å². The quantitative estimate of drug-likeness (QED) is 0.916. The van der Waals surface area contributed by atoms with Gasteiger partial charge in [-0.05, 0) is 0 Å². The first-order valence-electron chi connectivity index (χ1n) is 6.37. The van der Waals surface area contributed by atoms with E-state index in [0.29, 0.717) is 19.7 Å². The second kappa shape index (κ2) is 5.56. The number of hydrogen-bond acceptors (Lipinski definition) is 5. The molecule has 1 aliphatic rings. The summed E-state index contributed by atoms with van der Waals surface area (Å²) in [5, 5.41) is 12.3. The monoisotopic (exact) mass is 284 g/mol. The lowest BCUT2D eigenvalue weighted by atomic mass is 9.98. The zero-order valence-corrected chi connectivity index (χ0v) is 12.4. The second-order valence-corrected chi connectivity index (χ2v) is 6.65. The minimum Gasteiger partial charge on any atom is -0.480 e. The van der Waals surface area contributed by atoms with E-state index in [4.69, 9.17) is 4.74 Å². The van der Waals surface area contributed by atoms with Crippen LogP contribution in [-0.4, -0.2) is 46.8 Å². The highest BCUT2D eigenvalue weighted by Crippen LogP contribution is 2.26. The Morgan fingerprint density at radius 1 is 1.63 bits per heavy atom. The molecule has 1 aromatic rings. The molecule has 106 valence electrons. The predicted molar refractivity (Wildman–Crippen MR) is 73.5 cm³/mol. The Bertz CT molecular complexity index is 453. The van der Waals surface area contributed by atoms with Crippen LogP contribution in [0.25, 0.3) is 0 Å². The van der Waals surface area contributed by atoms with Crippen molar-refractivity contribution in [1.29, 1.82) is 0 Å². The van der Waals surface area contributed by atoms with E-state index in [0.717, 1.165) is 10.7 Å². The Morgan fingerprint density at radius 2 is 2.37 bits per heavy atom. The van der Waals surface area contributed by atoms with E-state index in [1.807, 2.05) is 10.3 Å². The van der Waals surface area contributed by atoms with Gasteiger partial charge in [0.05, 0.1) is 23.9 Å². The molecule has 2 heterocycles. The maximum absolute atomic E-state index is 11.2. The van der Waals surface area contributed by atoms with Gasteiger partial charge in [0.1, 0.15) is 6.04 Å². The number of carbonyl (C=O) groups is 1. The van der Waals surface area contributed by atoms with Crippen LogP contribution >= 0.6 is 11.3 Å². The van der Waals surface area contributed by atoms with E-state index in [9.17, 15) is 9.90 Å². The molecule has 0 bridgehead atoms. The number of nitrogens with zero attached hydrogens (tertiary/aromatic N) is 2. The van der Waals surface area contributed by atoms with Crippen LogP contribution in [0.4, 0.5) is 0 Å². The molecule has 0 spiro atoms. The van der Waals surface area contributed by atoms with Crippen molar-refractivity contribution >= 4 is 17.3 Å². The van der Waals surface area contributed by atoms with Gasteiger partial charge in [-0.1, -0.05) is 20.8 Å². The summed E-state index contributed by atoms with van der Waals surface area (Å²) in [7, 11) is 0. The highest BCUT2D eigenvalue weighted by molar-refractivity contribution is 7.09. The lowest BCUT2D eigenvalue weighted by Gasteiger charge is -2.32. The lowest BCUT2D eigenvalue weighted by molar-refractivity contribution is -0.150. The van der Waals surface area contributed by atoms with Gasteiger partial charge in [0.15, 0.2) is 0 Å². The third kappa shape index (κ3) is 3.52. The fourth-order valence-electron chi connectivity index (χ4n) is 1.99. The average Bonchev–Trinajstić information content (AvgIpc) is 2.77. The number of ether oxygens (including phenoxy) is 1. The van der Waals surface area contributed by atoms with Gasteiger partial charge in [-0.15, -0.1) is 11.3 Å². The van der Waals surface area contributed by atoms with Crippen LogP contribution in [0, 0.1) is 0 Å². The number of aromatic nitrogens is 1. The molecule has 0 saturated carbocycles. The molecule has 1 N–H and O–H groups in total. The summed E-state index contributed by atoms with van der Waals surface area (Å²) in [5.74, 6) is -0.828. The van der Waals surface area contributed by atoms with Crippen molar-refractivity contribution in [2.24, 2.45) is 0 Å². The molecule has 1 aromatic heterocycles. The number of aliphatic carboxylic acids is 1. The van der Waals surface area contributed by atoms with Crippen molar-refractivity contribution in [3.8, 4) is 0 Å². The Labute approximate surface area is 117 Å². The largest absolute Gasteiger partial charge is 0.480 e. The molecule has 0 aliphatic carbocycles. The molecule has 1 unspecified atom stereocenters. The summed E-state index contributed by atoms with van der Waals surface area (Å²) in [6, 6.07) is -0.562. The Morgan fingerprint density at radius 3 is 2.95 bits per heavy atom. The molecule has 19 heavy (non-hydrogen) atoms. The number of carboxylic acids is 1. The Hall–Kier alpha value is -0.980. The Kier molecular flexibility index (Phi) is 4.23. The van der Waals surface area contributed by atoms with Crippen LogP contribution in [0.5, 0.6) is 0 Å². The van der Waals surface area contributed by atoms with Gasteiger partial charge >= 0.3 is 5.97 Å². The van der Waals surface area contributed by atoms with Crippen LogP contribution in [0.15, 0.2) is 5.38 Å². The number of carboxylic acid groups (broad SMARTS) is 1. The summed E-state index contributed by atoms with van der Waals surface area (Å²) >= 11 is 1.64. The highest BCUT2D eigenvalue weighted by atomic mass is 32.1. The smallest absolute Gasteiger partial charge is 0.323 e. The SMILES string of the molecule is CC(C)(C)c1nc(CN2CCOCC2C(=O)O)cs1. The molecule has 2 rings (SSSR count). The van der Waals surface area contributed by atoms with Crippen molar-refractivity contribution in [2.45, 2.75) is 38.8 Å². The van der Waals surface area contributed by atoms with Gasteiger partial charge in [0, 0.05) is 23.9 Å². The highest BCUT2D eigenvalue weighted by Gasteiger charge is 2.30. The van der Waals surface area contributed by atoms with Gasteiger partial charge in [-0.3, -0.25) is 9.69 Å². The first kappa shape index (κ1) is 14.4. The van der Waals surface area contributed by atoms with Gasteiger partial charge in [-0.2, -0.15) is 0 Å². The van der Waals surface area contributed by atoms with Gasteiger partial charge in [0.25, 0.3) is 0 Å². The molecular formula is C13H20N2O3S. The van der Waals surface area contributed by atoms with Gasteiger partial charge < -0.3 is 9.84 Å². The molecular weight excluding hydrogens is 264 g/mol. The first-order chi connectivity index (χ1) is 8.88. The lowest BCUT2D eigenvalue weighted by Crippen LogP contribution is -2.49. The molecule has 6 heteroatoms. The van der Waals surface area contributed by atoms with Crippen LogP contribution in [0.1, 0.15) is 31.5 Å². The standard InChI is InChI=1S/C13H20N2O3S/c1-13(2,3)12-14-9(8-19-12)6-15-4-5-18-7-10(15)11(16)17/h8,10H,4-7H2,1-3H3,(H,16,17). The Balaban J connectivity index is 2.07. The minimum atomic E-state index is -0.828. The van der Waals surface area contributed by atoms with E-state index in [2.05, 4.69) is 25.8 Å². The molecule has 0 aromatic carbocycles. The zero-order chi connectivity index (χ0) is 14.0. The number of rotatable bonds is 3. The topological polar surface area (TPSA) is 62.7 Å². The second-order valence-electron chi connectivity index (χ2n) is 5.79. The summed E-state index contributed by atoms with van der Waals surface area (Å²) in [6.45, 7) is 8.44. The van der Waals surface area contributed by atoms with Gasteiger partial charge in [0.2, 0.25) is 0 Å². The summed E-state index contributed by atoms with van der Waals surface area (Å²) in [6.07, 6.45) is 0. The molecule has 0 radical (unpaired) electrons. The molecule has 5 nitrogen and oxygen atoms in total. The molecule has 0 amide bonds. The summed E-state index contributed by atoms with van der Waals surface area (Å²) in [5.41, 5.74) is 0.989. The van der Waals surface area contributed by atoms with E-state index in [1.165, 1.54) is 0 Å². The van der Waals surface area contributed by atoms with E-state index in [-0.39, 0.29) is 12.0 Å². The maximum atomic E-state index is 11.2. The van der Waals surface area contributed by atoms with Crippen molar-refractivity contribution in [2.75, 3.05) is 19.8 Å². The predicted octanol–water partition coefficient (Wildman–Crippen LogP) is 1.73. The maximum Gasteiger partial charge on any atom is 0.323 e. The molecule has 1 fully saturated rings.